The topological polar surface area (TPSA) is 138 Å². The zero-order chi connectivity index (χ0) is 14.0. The average molecular weight is 299 g/mol. The van der Waals surface area contributed by atoms with Crippen molar-refractivity contribution in [3.63, 3.8) is 0 Å². The molecule has 0 amide bonds. The lowest BCUT2D eigenvalue weighted by atomic mass is 10.1. The molecular weight excluding hydrogens is 279 g/mol. The maximum absolute atomic E-state index is 9.90. The van der Waals surface area contributed by atoms with Gasteiger partial charge in [-0.2, -0.15) is 14.3 Å². The molecule has 2 rings (SSSR count). The van der Waals surface area contributed by atoms with Crippen LogP contribution in [0, 0.1) is 0 Å². The zero-order valence-corrected chi connectivity index (χ0v) is 11.2. The number of aliphatic hydroxyl groups is 2. The maximum Gasteiger partial charge on any atom is 0.499 e. The highest BCUT2D eigenvalue weighted by atomic mass is 31.2. The van der Waals surface area contributed by atoms with Crippen LogP contribution in [0.1, 0.15) is 0 Å². The number of hydrogen-bond donors (Lipinski definition) is 5. The summed E-state index contributed by atoms with van der Waals surface area (Å²) >= 11 is 0. The van der Waals surface area contributed by atoms with E-state index in [4.69, 9.17) is 19.7 Å². The van der Waals surface area contributed by atoms with Crippen LogP contribution in [0.25, 0.3) is 0 Å². The molecule has 0 aromatic rings. The second-order valence-electron chi connectivity index (χ2n) is 4.50. The predicted molar refractivity (Wildman–Crippen MR) is 64.6 cm³/mol. The van der Waals surface area contributed by atoms with E-state index in [0.717, 1.165) is 0 Å². The van der Waals surface area contributed by atoms with Gasteiger partial charge >= 0.3 is 8.09 Å². The van der Waals surface area contributed by atoms with Crippen molar-refractivity contribution in [2.24, 2.45) is 5.73 Å². The number of morpholine rings is 1. The normalized spacial score (nSPS) is 37.7. The Morgan fingerprint density at radius 1 is 1.21 bits per heavy atom. The van der Waals surface area contributed by atoms with Gasteiger partial charge in [-0.15, -0.1) is 0 Å². The number of nitrogens with two attached hydrogens (primary N) is 1. The Morgan fingerprint density at radius 3 is 2.37 bits per heavy atom. The van der Waals surface area contributed by atoms with Crippen molar-refractivity contribution in [3.8, 4) is 0 Å². The van der Waals surface area contributed by atoms with Crippen molar-refractivity contribution >= 4 is 8.09 Å². The van der Waals surface area contributed by atoms with Crippen LogP contribution < -0.4 is 5.73 Å². The molecule has 0 radical (unpaired) electrons. The van der Waals surface area contributed by atoms with E-state index in [1.165, 1.54) is 4.67 Å². The molecule has 9 nitrogen and oxygen atoms in total. The Labute approximate surface area is 111 Å². The fourth-order valence-electron chi connectivity index (χ4n) is 1.98. The lowest BCUT2D eigenvalue weighted by Crippen LogP contribution is -2.39. The molecule has 0 aromatic heterocycles. The fourth-order valence-corrected chi connectivity index (χ4v) is 3.18. The third-order valence-electron chi connectivity index (χ3n) is 3.17. The van der Waals surface area contributed by atoms with Gasteiger partial charge in [-0.3, -0.25) is 0 Å². The quantitative estimate of drug-likeness (QED) is 0.354. The average Bonchev–Trinajstić information content (AvgIpc) is 2.65. The molecular formula is C9H20N2O7P+. The van der Waals surface area contributed by atoms with Gasteiger partial charge in [0.1, 0.15) is 31.1 Å². The molecule has 0 bridgehead atoms. The third-order valence-corrected chi connectivity index (χ3v) is 4.80. The van der Waals surface area contributed by atoms with Gasteiger partial charge in [0.15, 0.2) is 0 Å². The van der Waals surface area contributed by atoms with Gasteiger partial charge in [-0.05, 0) is 0 Å². The van der Waals surface area contributed by atoms with Gasteiger partial charge in [0.25, 0.3) is 0 Å². The minimum absolute atomic E-state index is 0.260. The van der Waals surface area contributed by atoms with E-state index in [1.807, 2.05) is 0 Å². The summed E-state index contributed by atoms with van der Waals surface area (Å²) in [4.78, 5) is 19.8. The third kappa shape index (κ3) is 3.59. The van der Waals surface area contributed by atoms with E-state index in [2.05, 4.69) is 0 Å². The molecule has 0 aromatic carbocycles. The Bertz CT molecular complexity index is 302. The molecule has 0 aliphatic carbocycles. The van der Waals surface area contributed by atoms with Crippen LogP contribution in [-0.4, -0.2) is 82.1 Å². The van der Waals surface area contributed by atoms with E-state index in [1.54, 1.807) is 0 Å². The van der Waals surface area contributed by atoms with E-state index in [9.17, 15) is 20.0 Å². The number of rotatable bonds is 4. The summed E-state index contributed by atoms with van der Waals surface area (Å²) in [6.45, 7) is 1.26. The summed E-state index contributed by atoms with van der Waals surface area (Å²) in [6, 6.07) is 0. The summed E-state index contributed by atoms with van der Waals surface area (Å²) in [5.74, 6) is 0. The van der Waals surface area contributed by atoms with E-state index in [0.29, 0.717) is 26.3 Å². The molecule has 2 aliphatic rings. The maximum atomic E-state index is 9.90. The smallest absolute Gasteiger partial charge is 0.387 e. The summed E-state index contributed by atoms with van der Waals surface area (Å²) < 4.78 is 16.6. The first-order valence-corrected chi connectivity index (χ1v) is 7.58. The summed E-state index contributed by atoms with van der Waals surface area (Å²) in [7, 11) is -3.70. The van der Waals surface area contributed by atoms with Crippen LogP contribution in [0.4, 0.5) is 0 Å². The lowest BCUT2D eigenvalue weighted by molar-refractivity contribution is -0.0252. The molecule has 2 heterocycles. The van der Waals surface area contributed by atoms with Gasteiger partial charge in [0.2, 0.25) is 0 Å². The van der Waals surface area contributed by atoms with E-state index >= 15 is 0 Å². The van der Waals surface area contributed by atoms with Gasteiger partial charge in [0.05, 0.1) is 26.3 Å². The molecule has 2 fully saturated rings. The number of aliphatic hydroxyl groups excluding tert-OH is 2. The fraction of sp³-hybridized carbons (Fsp3) is 1.00. The predicted octanol–water partition coefficient (Wildman–Crippen LogP) is -2.60. The van der Waals surface area contributed by atoms with Crippen LogP contribution in [0.15, 0.2) is 0 Å². The van der Waals surface area contributed by atoms with Crippen molar-refractivity contribution in [1.82, 2.24) is 4.67 Å². The first-order chi connectivity index (χ1) is 8.92. The van der Waals surface area contributed by atoms with Gasteiger partial charge in [0, 0.05) is 0 Å². The summed E-state index contributed by atoms with van der Waals surface area (Å²) in [5.41, 5.74) is 5.41. The Kier molecular flexibility index (Phi) is 5.07. The van der Waals surface area contributed by atoms with Crippen LogP contribution in [-0.2, 0) is 14.0 Å². The molecule has 0 unspecified atom stereocenters. The second kappa shape index (κ2) is 6.23. The summed E-state index contributed by atoms with van der Waals surface area (Å²) in [6.07, 6.45) is -4.30. The van der Waals surface area contributed by atoms with Crippen molar-refractivity contribution in [3.05, 3.63) is 0 Å². The number of nitrogens with zero attached hydrogens (tertiary/aromatic N) is 1. The molecule has 10 heteroatoms. The van der Waals surface area contributed by atoms with Gasteiger partial charge < -0.3 is 25.4 Å². The van der Waals surface area contributed by atoms with Crippen LogP contribution in [0.2, 0.25) is 0 Å². The molecule has 0 spiro atoms. The Hall–Kier alpha value is 0.0700. The van der Waals surface area contributed by atoms with Crippen molar-refractivity contribution in [2.75, 3.05) is 32.9 Å². The minimum atomic E-state index is -3.70. The molecule has 2 aliphatic heterocycles. The van der Waals surface area contributed by atoms with Crippen LogP contribution >= 0.6 is 8.09 Å². The highest BCUT2D eigenvalue weighted by Gasteiger charge is 2.49. The first kappa shape index (κ1) is 15.5. The SMILES string of the molecule is N[C@@H]1O[C@H](CO[P+](O)(O)N2CCOCC2)[C@@H](O)[C@H]1O. The van der Waals surface area contributed by atoms with Crippen molar-refractivity contribution < 1.29 is 34.0 Å². The number of ether oxygens (including phenoxy) is 2. The Morgan fingerprint density at radius 2 is 1.84 bits per heavy atom. The molecule has 112 valence electrons. The second-order valence-corrected chi connectivity index (χ2v) is 6.35. The summed E-state index contributed by atoms with van der Waals surface area (Å²) in [5, 5.41) is 19.0. The largest absolute Gasteiger partial charge is 0.499 e. The molecule has 6 N–H and O–H groups in total. The number of hydrogen-bond acceptors (Lipinski definition) is 9. The van der Waals surface area contributed by atoms with Crippen LogP contribution in [0.5, 0.6) is 0 Å². The molecule has 19 heavy (non-hydrogen) atoms. The monoisotopic (exact) mass is 299 g/mol. The van der Waals surface area contributed by atoms with Gasteiger partial charge in [-0.1, -0.05) is 4.67 Å². The highest BCUT2D eigenvalue weighted by Crippen LogP contribution is 2.55. The molecule has 2 saturated heterocycles. The van der Waals surface area contributed by atoms with E-state index in [-0.39, 0.29) is 6.61 Å². The lowest BCUT2D eigenvalue weighted by Gasteiger charge is -2.27. The van der Waals surface area contributed by atoms with Crippen molar-refractivity contribution in [1.29, 1.82) is 0 Å². The molecule has 4 atom stereocenters. The molecule has 0 saturated carbocycles. The first-order valence-electron chi connectivity index (χ1n) is 6.01. The highest BCUT2D eigenvalue weighted by molar-refractivity contribution is 7.57. The minimum Gasteiger partial charge on any atom is -0.387 e. The zero-order valence-electron chi connectivity index (χ0n) is 10.3. The Balaban J connectivity index is 1.84. The standard InChI is InChI=1S/C9H20N2O7P/c10-9-8(13)7(12)6(18-9)5-17-19(14,15)11-1-3-16-4-2-11/h6-9,12-15H,1-5,10H2/q+1/t6-,7-,8-,9-/m1/s1. The van der Waals surface area contributed by atoms with E-state index < -0.39 is 32.6 Å². The van der Waals surface area contributed by atoms with Crippen LogP contribution in [0.3, 0.4) is 0 Å². The van der Waals surface area contributed by atoms with Gasteiger partial charge in [-0.25, -0.2) is 0 Å². The van der Waals surface area contributed by atoms with Crippen molar-refractivity contribution in [2.45, 2.75) is 24.5 Å².